The number of rotatable bonds is 4. The van der Waals surface area contributed by atoms with E-state index in [0.29, 0.717) is 5.75 Å². The summed E-state index contributed by atoms with van der Waals surface area (Å²) in [7, 11) is 1.42. The average molecular weight is 292 g/mol. The predicted molar refractivity (Wildman–Crippen MR) is 74.9 cm³/mol. The molecule has 0 saturated heterocycles. The van der Waals surface area contributed by atoms with Crippen LogP contribution < -0.4 is 15.8 Å². The maximum absolute atomic E-state index is 13.5. The van der Waals surface area contributed by atoms with Gasteiger partial charge in [0.25, 0.3) is 5.91 Å². The topological polar surface area (TPSA) is 64.3 Å². The molecule has 0 aromatic heterocycles. The maximum Gasteiger partial charge on any atom is 0.257 e. The van der Waals surface area contributed by atoms with Crippen molar-refractivity contribution in [1.29, 1.82) is 0 Å². The highest BCUT2D eigenvalue weighted by molar-refractivity contribution is 6.01. The number of nitrogens with one attached hydrogen (secondary N) is 1. The highest BCUT2D eigenvalue weighted by Gasteiger charge is 2.16. The normalized spacial score (nSPS) is 10.2. The molecule has 0 bridgehead atoms. The van der Waals surface area contributed by atoms with E-state index in [9.17, 15) is 13.6 Å². The van der Waals surface area contributed by atoms with Crippen LogP contribution in [0.3, 0.4) is 0 Å². The molecular formula is C15H14F2N2O2. The van der Waals surface area contributed by atoms with Crippen molar-refractivity contribution in [1.82, 2.24) is 5.32 Å². The Kier molecular flexibility index (Phi) is 4.37. The lowest BCUT2D eigenvalue weighted by atomic mass is 10.1. The van der Waals surface area contributed by atoms with Gasteiger partial charge in [0, 0.05) is 23.9 Å². The van der Waals surface area contributed by atoms with Gasteiger partial charge in [0.1, 0.15) is 22.9 Å². The summed E-state index contributed by atoms with van der Waals surface area (Å²) in [6.45, 7) is -0.0809. The van der Waals surface area contributed by atoms with Gasteiger partial charge >= 0.3 is 0 Å². The number of methoxy groups -OCH3 is 1. The zero-order chi connectivity index (χ0) is 15.4. The first-order chi connectivity index (χ1) is 10.0. The number of halogens is 2. The van der Waals surface area contributed by atoms with Gasteiger partial charge in [-0.15, -0.1) is 0 Å². The average Bonchev–Trinajstić information content (AvgIpc) is 2.45. The van der Waals surface area contributed by atoms with E-state index >= 15 is 0 Å². The number of carbonyl (C=O) groups excluding carboxylic acids is 1. The highest BCUT2D eigenvalue weighted by atomic mass is 19.1. The quantitative estimate of drug-likeness (QED) is 0.851. The van der Waals surface area contributed by atoms with E-state index in [4.69, 9.17) is 10.5 Å². The number of anilines is 1. The summed E-state index contributed by atoms with van der Waals surface area (Å²) in [6, 6.07) is 7.99. The van der Waals surface area contributed by atoms with Gasteiger partial charge in [-0.2, -0.15) is 0 Å². The Morgan fingerprint density at radius 3 is 2.71 bits per heavy atom. The van der Waals surface area contributed by atoms with Gasteiger partial charge in [-0.05, 0) is 18.2 Å². The number of hydrogen-bond donors (Lipinski definition) is 2. The van der Waals surface area contributed by atoms with Crippen LogP contribution in [0.25, 0.3) is 0 Å². The number of hydrogen-bond acceptors (Lipinski definition) is 3. The molecule has 0 aliphatic carbocycles. The Bertz CT molecular complexity index is 675. The molecule has 4 nitrogen and oxygen atoms in total. The molecule has 0 aliphatic heterocycles. The van der Waals surface area contributed by atoms with Crippen molar-refractivity contribution in [2.75, 3.05) is 12.8 Å². The van der Waals surface area contributed by atoms with Crippen molar-refractivity contribution in [3.63, 3.8) is 0 Å². The van der Waals surface area contributed by atoms with E-state index in [0.717, 1.165) is 12.1 Å². The Morgan fingerprint density at radius 1 is 1.29 bits per heavy atom. The molecule has 0 unspecified atom stereocenters. The standard InChI is InChI=1S/C15H14F2N2O2/c1-21-13-4-2-3-12(18)14(13)15(20)19-8-9-5-6-10(16)7-11(9)17/h2-7H,8,18H2,1H3,(H,19,20). The third kappa shape index (κ3) is 3.28. The monoisotopic (exact) mass is 292 g/mol. The zero-order valence-corrected chi connectivity index (χ0v) is 11.3. The van der Waals surface area contributed by atoms with Crippen LogP contribution in [-0.2, 0) is 6.54 Å². The van der Waals surface area contributed by atoms with Crippen LogP contribution in [0.5, 0.6) is 5.75 Å². The van der Waals surface area contributed by atoms with Crippen molar-refractivity contribution >= 4 is 11.6 Å². The number of nitrogens with two attached hydrogens (primary N) is 1. The van der Waals surface area contributed by atoms with E-state index in [2.05, 4.69) is 5.32 Å². The predicted octanol–water partition coefficient (Wildman–Crippen LogP) is 2.49. The molecular weight excluding hydrogens is 278 g/mol. The first-order valence-corrected chi connectivity index (χ1v) is 6.17. The van der Waals surface area contributed by atoms with Crippen LogP contribution in [0.15, 0.2) is 36.4 Å². The fourth-order valence-corrected chi connectivity index (χ4v) is 1.89. The summed E-state index contributed by atoms with van der Waals surface area (Å²) in [6.07, 6.45) is 0. The lowest BCUT2D eigenvalue weighted by molar-refractivity contribution is 0.0948. The van der Waals surface area contributed by atoms with Gasteiger partial charge < -0.3 is 15.8 Å². The molecule has 0 saturated carbocycles. The van der Waals surface area contributed by atoms with Crippen LogP contribution in [0.2, 0.25) is 0 Å². The van der Waals surface area contributed by atoms with E-state index in [1.54, 1.807) is 18.2 Å². The molecule has 3 N–H and O–H groups in total. The van der Waals surface area contributed by atoms with Crippen LogP contribution >= 0.6 is 0 Å². The highest BCUT2D eigenvalue weighted by Crippen LogP contribution is 2.24. The van der Waals surface area contributed by atoms with Gasteiger partial charge in [0.05, 0.1) is 7.11 Å². The number of carbonyl (C=O) groups is 1. The summed E-state index contributed by atoms with van der Waals surface area (Å²) in [5.41, 5.74) is 6.37. The molecule has 0 fully saturated rings. The molecule has 0 radical (unpaired) electrons. The molecule has 2 aromatic rings. The van der Waals surface area contributed by atoms with Crippen LogP contribution in [-0.4, -0.2) is 13.0 Å². The van der Waals surface area contributed by atoms with E-state index in [-0.39, 0.29) is 23.4 Å². The van der Waals surface area contributed by atoms with Gasteiger partial charge in [0.15, 0.2) is 0 Å². The molecule has 21 heavy (non-hydrogen) atoms. The summed E-state index contributed by atoms with van der Waals surface area (Å²) in [4.78, 5) is 12.1. The number of amides is 1. The summed E-state index contributed by atoms with van der Waals surface area (Å²) >= 11 is 0. The zero-order valence-electron chi connectivity index (χ0n) is 11.3. The third-order valence-corrected chi connectivity index (χ3v) is 2.96. The first kappa shape index (κ1) is 14.8. The van der Waals surface area contributed by atoms with Crippen molar-refractivity contribution in [3.8, 4) is 5.75 Å². The SMILES string of the molecule is COc1cccc(N)c1C(=O)NCc1ccc(F)cc1F. The Balaban J connectivity index is 2.16. The second-order valence-electron chi connectivity index (χ2n) is 4.34. The number of ether oxygens (including phenoxy) is 1. The van der Waals surface area contributed by atoms with E-state index in [1.165, 1.54) is 13.2 Å². The third-order valence-electron chi connectivity index (χ3n) is 2.96. The fourth-order valence-electron chi connectivity index (χ4n) is 1.89. The lowest BCUT2D eigenvalue weighted by Crippen LogP contribution is -2.25. The molecule has 2 aromatic carbocycles. The Morgan fingerprint density at radius 2 is 2.05 bits per heavy atom. The first-order valence-electron chi connectivity index (χ1n) is 6.17. The maximum atomic E-state index is 13.5. The minimum absolute atomic E-state index is 0.0809. The smallest absolute Gasteiger partial charge is 0.257 e. The minimum Gasteiger partial charge on any atom is -0.496 e. The number of nitrogen functional groups attached to an aromatic ring is 1. The molecule has 1 amide bonds. The van der Waals surface area contributed by atoms with Crippen molar-refractivity contribution in [2.45, 2.75) is 6.54 Å². The Hall–Kier alpha value is -2.63. The van der Waals surface area contributed by atoms with Gasteiger partial charge in [0.2, 0.25) is 0 Å². The van der Waals surface area contributed by atoms with Crippen molar-refractivity contribution in [2.24, 2.45) is 0 Å². The fraction of sp³-hybridized carbons (Fsp3) is 0.133. The van der Waals surface area contributed by atoms with Crippen LogP contribution in [0.4, 0.5) is 14.5 Å². The minimum atomic E-state index is -0.719. The van der Waals surface area contributed by atoms with Crippen molar-refractivity contribution in [3.05, 3.63) is 59.2 Å². The summed E-state index contributed by atoms with van der Waals surface area (Å²) in [5.74, 6) is -1.55. The lowest BCUT2D eigenvalue weighted by Gasteiger charge is -2.12. The molecule has 0 atom stereocenters. The van der Waals surface area contributed by atoms with E-state index < -0.39 is 17.5 Å². The Labute approximate surface area is 120 Å². The second kappa shape index (κ2) is 6.21. The van der Waals surface area contributed by atoms with Crippen molar-refractivity contribution < 1.29 is 18.3 Å². The molecule has 0 heterocycles. The molecule has 6 heteroatoms. The van der Waals surface area contributed by atoms with Gasteiger partial charge in [-0.3, -0.25) is 4.79 Å². The second-order valence-corrected chi connectivity index (χ2v) is 4.34. The summed E-state index contributed by atoms with van der Waals surface area (Å²) < 4.78 is 31.4. The largest absolute Gasteiger partial charge is 0.496 e. The molecule has 110 valence electrons. The van der Waals surface area contributed by atoms with Crippen LogP contribution in [0, 0.1) is 11.6 Å². The van der Waals surface area contributed by atoms with Gasteiger partial charge in [-0.25, -0.2) is 8.78 Å². The molecule has 0 spiro atoms. The van der Waals surface area contributed by atoms with Gasteiger partial charge in [-0.1, -0.05) is 12.1 Å². The number of benzene rings is 2. The van der Waals surface area contributed by atoms with E-state index in [1.807, 2.05) is 0 Å². The molecule has 0 aliphatic rings. The van der Waals surface area contributed by atoms with Crippen LogP contribution in [0.1, 0.15) is 15.9 Å². The molecule has 2 rings (SSSR count). The summed E-state index contributed by atoms with van der Waals surface area (Å²) in [5, 5.41) is 2.53.